The molecule has 6 heteroatoms. The standard InChI is InChI=1S/C20H25N5O/c1-14-23-19(26-25-14)15-5-6-17(12-15)24-16-7-9-20(13-21,10-8-16)18-4-2-3-11-22-18/h2-4,11,15-17,24H,5-10,12H2,1H3/t15-,16?,17?,20?/m0/s1. The van der Waals surface area contributed by atoms with E-state index in [-0.39, 0.29) is 0 Å². The molecular formula is C20H25N5O. The summed E-state index contributed by atoms with van der Waals surface area (Å²) in [6.07, 6.45) is 8.87. The molecule has 2 saturated carbocycles. The van der Waals surface area contributed by atoms with Crippen LogP contribution in [0, 0.1) is 18.3 Å². The molecule has 1 unspecified atom stereocenters. The average molecular weight is 351 g/mol. The first-order valence-corrected chi connectivity index (χ1v) is 9.57. The van der Waals surface area contributed by atoms with Gasteiger partial charge in [0.25, 0.3) is 0 Å². The fraction of sp³-hybridized carbons (Fsp3) is 0.600. The first-order chi connectivity index (χ1) is 12.7. The lowest BCUT2D eigenvalue weighted by molar-refractivity contribution is 0.271. The highest BCUT2D eigenvalue weighted by molar-refractivity contribution is 5.27. The molecule has 0 saturated heterocycles. The van der Waals surface area contributed by atoms with Crippen molar-refractivity contribution in [2.75, 3.05) is 0 Å². The van der Waals surface area contributed by atoms with Crippen LogP contribution < -0.4 is 5.32 Å². The largest absolute Gasteiger partial charge is 0.339 e. The van der Waals surface area contributed by atoms with E-state index >= 15 is 0 Å². The summed E-state index contributed by atoms with van der Waals surface area (Å²) in [5, 5.41) is 17.5. The average Bonchev–Trinajstić information content (AvgIpc) is 3.32. The van der Waals surface area contributed by atoms with Crippen LogP contribution >= 0.6 is 0 Å². The summed E-state index contributed by atoms with van der Waals surface area (Å²) in [5.74, 6) is 1.88. The molecule has 2 aromatic heterocycles. The number of pyridine rings is 1. The zero-order valence-electron chi connectivity index (χ0n) is 15.2. The third-order valence-corrected chi connectivity index (χ3v) is 6.00. The number of aryl methyl sites for hydroxylation is 1. The Balaban J connectivity index is 1.32. The maximum atomic E-state index is 9.79. The summed E-state index contributed by atoms with van der Waals surface area (Å²) in [6.45, 7) is 1.86. The lowest BCUT2D eigenvalue weighted by Crippen LogP contribution is -2.43. The Labute approximate surface area is 154 Å². The van der Waals surface area contributed by atoms with E-state index in [0.29, 0.717) is 23.8 Å². The van der Waals surface area contributed by atoms with Gasteiger partial charge in [-0.05, 0) is 64.0 Å². The molecule has 2 fully saturated rings. The van der Waals surface area contributed by atoms with E-state index in [0.717, 1.165) is 56.5 Å². The van der Waals surface area contributed by atoms with Crippen molar-refractivity contribution in [2.45, 2.75) is 75.3 Å². The molecule has 26 heavy (non-hydrogen) atoms. The topological polar surface area (TPSA) is 87.6 Å². The Morgan fingerprint density at radius 1 is 1.19 bits per heavy atom. The fourth-order valence-corrected chi connectivity index (χ4v) is 4.52. The summed E-state index contributed by atoms with van der Waals surface area (Å²) in [5.41, 5.74) is 0.507. The number of nitriles is 1. The molecule has 0 aromatic carbocycles. The van der Waals surface area contributed by atoms with E-state index in [1.807, 2.05) is 25.1 Å². The lowest BCUT2D eigenvalue weighted by Gasteiger charge is -2.36. The molecular weight excluding hydrogens is 326 g/mol. The molecule has 0 radical (unpaired) electrons. The highest BCUT2D eigenvalue weighted by Crippen LogP contribution is 2.39. The van der Waals surface area contributed by atoms with Gasteiger partial charge < -0.3 is 9.84 Å². The lowest BCUT2D eigenvalue weighted by atomic mass is 9.71. The van der Waals surface area contributed by atoms with Crippen molar-refractivity contribution in [3.63, 3.8) is 0 Å². The highest BCUT2D eigenvalue weighted by Gasteiger charge is 2.39. The third-order valence-electron chi connectivity index (χ3n) is 6.00. The molecule has 0 aliphatic heterocycles. The second kappa shape index (κ2) is 7.16. The van der Waals surface area contributed by atoms with Gasteiger partial charge in [0.05, 0.1) is 17.2 Å². The second-order valence-corrected chi connectivity index (χ2v) is 7.74. The maximum Gasteiger partial charge on any atom is 0.229 e. The maximum absolute atomic E-state index is 9.79. The number of hydrogen-bond acceptors (Lipinski definition) is 6. The van der Waals surface area contributed by atoms with Gasteiger partial charge >= 0.3 is 0 Å². The second-order valence-electron chi connectivity index (χ2n) is 7.74. The quantitative estimate of drug-likeness (QED) is 0.908. The smallest absolute Gasteiger partial charge is 0.229 e. The minimum atomic E-state index is -0.418. The molecule has 2 aliphatic carbocycles. The van der Waals surface area contributed by atoms with Gasteiger partial charge in [-0.15, -0.1) is 0 Å². The number of nitrogens with zero attached hydrogens (tertiary/aromatic N) is 4. The molecule has 1 N–H and O–H groups in total. The Kier molecular flexibility index (Phi) is 4.73. The SMILES string of the molecule is Cc1noc([C@H]2CCC(NC3CCC(C#N)(c4ccccn4)CC3)C2)n1. The van der Waals surface area contributed by atoms with Crippen molar-refractivity contribution < 1.29 is 4.52 Å². The van der Waals surface area contributed by atoms with Crippen molar-refractivity contribution in [3.05, 3.63) is 41.8 Å². The molecule has 136 valence electrons. The van der Waals surface area contributed by atoms with Gasteiger partial charge in [-0.3, -0.25) is 4.98 Å². The van der Waals surface area contributed by atoms with Crippen LogP contribution in [-0.4, -0.2) is 27.2 Å². The summed E-state index contributed by atoms with van der Waals surface area (Å²) in [6, 6.07) is 9.42. The van der Waals surface area contributed by atoms with E-state index in [1.165, 1.54) is 0 Å². The van der Waals surface area contributed by atoms with E-state index < -0.39 is 5.41 Å². The molecule has 2 atom stereocenters. The minimum absolute atomic E-state index is 0.379. The normalized spacial score (nSPS) is 31.6. The van der Waals surface area contributed by atoms with E-state index in [2.05, 4.69) is 26.5 Å². The van der Waals surface area contributed by atoms with Gasteiger partial charge in [0.15, 0.2) is 5.82 Å². The Morgan fingerprint density at radius 3 is 2.69 bits per heavy atom. The molecule has 2 heterocycles. The van der Waals surface area contributed by atoms with Crippen LogP contribution in [-0.2, 0) is 5.41 Å². The molecule has 0 bridgehead atoms. The molecule has 0 spiro atoms. The molecule has 6 nitrogen and oxygen atoms in total. The summed E-state index contributed by atoms with van der Waals surface area (Å²) >= 11 is 0. The summed E-state index contributed by atoms with van der Waals surface area (Å²) in [4.78, 5) is 8.84. The van der Waals surface area contributed by atoms with Crippen LogP contribution in [0.5, 0.6) is 0 Å². The van der Waals surface area contributed by atoms with Gasteiger partial charge in [-0.25, -0.2) is 0 Å². The van der Waals surface area contributed by atoms with Crippen molar-refractivity contribution in [3.8, 4) is 6.07 Å². The van der Waals surface area contributed by atoms with Crippen molar-refractivity contribution >= 4 is 0 Å². The van der Waals surface area contributed by atoms with Crippen molar-refractivity contribution in [2.24, 2.45) is 0 Å². The van der Waals surface area contributed by atoms with Crippen LogP contribution in [0.4, 0.5) is 0 Å². The number of nitrogens with one attached hydrogen (secondary N) is 1. The summed E-state index contributed by atoms with van der Waals surface area (Å²) < 4.78 is 5.35. The summed E-state index contributed by atoms with van der Waals surface area (Å²) in [7, 11) is 0. The highest BCUT2D eigenvalue weighted by atomic mass is 16.5. The van der Waals surface area contributed by atoms with Gasteiger partial charge in [0.2, 0.25) is 5.89 Å². The Bertz CT molecular complexity index is 773. The van der Waals surface area contributed by atoms with Crippen LogP contribution in [0.2, 0.25) is 0 Å². The Morgan fingerprint density at radius 2 is 2.04 bits per heavy atom. The first kappa shape index (κ1) is 17.2. The third kappa shape index (κ3) is 3.36. The fourth-order valence-electron chi connectivity index (χ4n) is 4.52. The van der Waals surface area contributed by atoms with Crippen molar-refractivity contribution in [1.29, 1.82) is 5.26 Å². The Hall–Kier alpha value is -2.26. The van der Waals surface area contributed by atoms with Gasteiger partial charge in [-0.2, -0.15) is 10.2 Å². The van der Waals surface area contributed by atoms with Gasteiger partial charge in [0.1, 0.15) is 0 Å². The first-order valence-electron chi connectivity index (χ1n) is 9.57. The van der Waals surface area contributed by atoms with Crippen molar-refractivity contribution in [1.82, 2.24) is 20.4 Å². The molecule has 4 rings (SSSR count). The van der Waals surface area contributed by atoms with E-state index in [4.69, 9.17) is 4.52 Å². The number of hydrogen-bond donors (Lipinski definition) is 1. The van der Waals surface area contributed by atoms with Gasteiger partial charge in [-0.1, -0.05) is 11.2 Å². The predicted octanol–water partition coefficient (Wildman–Crippen LogP) is 3.40. The molecule has 2 aromatic rings. The molecule has 0 amide bonds. The van der Waals surface area contributed by atoms with Crippen LogP contribution in [0.25, 0.3) is 0 Å². The minimum Gasteiger partial charge on any atom is -0.339 e. The van der Waals surface area contributed by atoms with Gasteiger partial charge in [0, 0.05) is 24.2 Å². The predicted molar refractivity (Wildman–Crippen MR) is 96.3 cm³/mol. The zero-order chi connectivity index (χ0) is 18.0. The van der Waals surface area contributed by atoms with Crippen LogP contribution in [0.15, 0.2) is 28.9 Å². The van der Waals surface area contributed by atoms with Crippen LogP contribution in [0.3, 0.4) is 0 Å². The number of aromatic nitrogens is 3. The zero-order valence-corrected chi connectivity index (χ0v) is 15.2. The van der Waals surface area contributed by atoms with E-state index in [1.54, 1.807) is 6.20 Å². The monoisotopic (exact) mass is 351 g/mol. The molecule has 2 aliphatic rings. The van der Waals surface area contributed by atoms with Crippen LogP contribution in [0.1, 0.15) is 68.3 Å². The number of rotatable bonds is 4. The van der Waals surface area contributed by atoms with E-state index in [9.17, 15) is 5.26 Å².